The lowest BCUT2D eigenvalue weighted by molar-refractivity contribution is -0.120. The molecule has 6 rings (SSSR count). The molecule has 3 atom stereocenters. The molecule has 0 bridgehead atoms. The minimum Gasteiger partial charge on any atom is -0.344 e. The molecule has 2 amide bonds. The smallest absolute Gasteiger partial charge is 0.289 e. The molecular formula is C31H27FN6O2. The van der Waals surface area contributed by atoms with Crippen LogP contribution in [-0.4, -0.2) is 43.6 Å². The van der Waals surface area contributed by atoms with Gasteiger partial charge in [0, 0.05) is 23.5 Å². The van der Waals surface area contributed by atoms with E-state index in [2.05, 4.69) is 20.4 Å². The minimum absolute atomic E-state index is 0.0553. The molecule has 0 radical (unpaired) electrons. The van der Waals surface area contributed by atoms with E-state index in [9.17, 15) is 14.0 Å². The number of hydrogen-bond acceptors (Lipinski definition) is 5. The number of nitrogens with zero attached hydrogens (tertiary/aromatic N) is 5. The third kappa shape index (κ3) is 4.70. The maximum absolute atomic E-state index is 14.1. The van der Waals surface area contributed by atoms with Crippen LogP contribution < -0.4 is 10.2 Å². The van der Waals surface area contributed by atoms with Crippen molar-refractivity contribution in [2.75, 3.05) is 4.90 Å². The Kier molecular flexibility index (Phi) is 6.77. The number of fused-ring (bicyclic) bond motifs is 1. The predicted molar refractivity (Wildman–Crippen MR) is 150 cm³/mol. The monoisotopic (exact) mass is 534 g/mol. The Labute approximate surface area is 230 Å². The predicted octanol–water partition coefficient (Wildman–Crippen LogP) is 4.74. The molecule has 1 saturated heterocycles. The summed E-state index contributed by atoms with van der Waals surface area (Å²) >= 11 is 0. The van der Waals surface area contributed by atoms with Crippen LogP contribution in [0.1, 0.15) is 29.5 Å². The van der Waals surface area contributed by atoms with Crippen molar-refractivity contribution in [3.05, 3.63) is 115 Å². The van der Waals surface area contributed by atoms with E-state index in [1.54, 1.807) is 34.0 Å². The molecule has 0 spiro atoms. The average Bonchev–Trinajstić information content (AvgIpc) is 3.52. The number of amides is 2. The van der Waals surface area contributed by atoms with Gasteiger partial charge < -0.3 is 10.2 Å². The Morgan fingerprint density at radius 3 is 2.40 bits per heavy atom. The van der Waals surface area contributed by atoms with Crippen molar-refractivity contribution >= 4 is 28.4 Å². The number of aromatic nitrogens is 4. The number of hydrogen-bond donors (Lipinski definition) is 1. The molecule has 5 aromatic rings. The van der Waals surface area contributed by atoms with Gasteiger partial charge >= 0.3 is 0 Å². The van der Waals surface area contributed by atoms with E-state index in [0.29, 0.717) is 12.8 Å². The standard InChI is InChI=1S/C31H27FN6O2/c1-2-26-28(36-30(39)29-33-15-6-16-34-29)25(17-20-7-4-3-5-8-20)31(40)37(26)24-13-14-27-21(18-24)19-35-38(27)23-11-9-22(32)10-12-23/h3-16,18-19,25-26,28H,2,17H2,1H3,(H,36,39). The van der Waals surface area contributed by atoms with Crippen LogP contribution in [0.3, 0.4) is 0 Å². The second-order valence-corrected chi connectivity index (χ2v) is 9.83. The Hall–Kier alpha value is -4.92. The number of carbonyl (C=O) groups excluding carboxylic acids is 2. The summed E-state index contributed by atoms with van der Waals surface area (Å²) < 4.78 is 15.2. The lowest BCUT2D eigenvalue weighted by Crippen LogP contribution is -2.47. The van der Waals surface area contributed by atoms with Gasteiger partial charge in [-0.15, -0.1) is 0 Å². The molecule has 40 heavy (non-hydrogen) atoms. The molecule has 2 aromatic heterocycles. The molecule has 9 heteroatoms. The highest BCUT2D eigenvalue weighted by molar-refractivity contribution is 6.02. The van der Waals surface area contributed by atoms with Gasteiger partial charge in [-0.2, -0.15) is 5.10 Å². The summed E-state index contributed by atoms with van der Waals surface area (Å²) in [4.78, 5) is 37.2. The summed E-state index contributed by atoms with van der Waals surface area (Å²) in [5.41, 5.74) is 3.32. The normalized spacial score (nSPS) is 18.8. The fourth-order valence-electron chi connectivity index (χ4n) is 5.55. The number of halogens is 1. The van der Waals surface area contributed by atoms with Crippen LogP contribution in [0.4, 0.5) is 10.1 Å². The first kappa shape index (κ1) is 25.4. The van der Waals surface area contributed by atoms with Crippen LogP contribution in [0.25, 0.3) is 16.6 Å². The number of nitrogens with one attached hydrogen (secondary N) is 1. The van der Waals surface area contributed by atoms with Gasteiger partial charge in [-0.1, -0.05) is 37.3 Å². The van der Waals surface area contributed by atoms with Gasteiger partial charge in [-0.3, -0.25) is 9.59 Å². The van der Waals surface area contributed by atoms with E-state index < -0.39 is 17.9 Å². The molecule has 200 valence electrons. The van der Waals surface area contributed by atoms with Crippen molar-refractivity contribution in [2.24, 2.45) is 5.92 Å². The molecule has 0 saturated carbocycles. The number of carbonyl (C=O) groups is 2. The largest absolute Gasteiger partial charge is 0.344 e. The Morgan fingerprint density at radius 1 is 0.950 bits per heavy atom. The SMILES string of the molecule is CCC1C(NC(=O)c2ncccn2)C(Cc2ccccc2)C(=O)N1c1ccc2c(cnn2-c2ccc(F)cc2)c1. The van der Waals surface area contributed by atoms with Gasteiger partial charge in [-0.05, 0) is 66.9 Å². The third-order valence-corrected chi connectivity index (χ3v) is 7.42. The van der Waals surface area contributed by atoms with Gasteiger partial charge in [-0.25, -0.2) is 19.0 Å². The van der Waals surface area contributed by atoms with Crippen molar-refractivity contribution in [1.82, 2.24) is 25.1 Å². The van der Waals surface area contributed by atoms with Crippen LogP contribution in [0.2, 0.25) is 0 Å². The van der Waals surface area contributed by atoms with Crippen molar-refractivity contribution < 1.29 is 14.0 Å². The molecule has 0 aliphatic carbocycles. The summed E-state index contributed by atoms with van der Waals surface area (Å²) in [6.07, 6.45) is 5.89. The highest BCUT2D eigenvalue weighted by Crippen LogP contribution is 2.36. The maximum Gasteiger partial charge on any atom is 0.289 e. The molecule has 1 aliphatic rings. The van der Waals surface area contributed by atoms with Gasteiger partial charge in [0.05, 0.1) is 35.4 Å². The van der Waals surface area contributed by atoms with Crippen LogP contribution in [0.15, 0.2) is 97.5 Å². The van der Waals surface area contributed by atoms with E-state index in [4.69, 9.17) is 0 Å². The summed E-state index contributed by atoms with van der Waals surface area (Å²) in [6.45, 7) is 2.01. The quantitative estimate of drug-likeness (QED) is 0.326. The zero-order valence-electron chi connectivity index (χ0n) is 21.8. The van der Waals surface area contributed by atoms with E-state index in [0.717, 1.165) is 27.8 Å². The second kappa shape index (κ2) is 10.7. The van der Waals surface area contributed by atoms with Gasteiger partial charge in [0.2, 0.25) is 11.7 Å². The van der Waals surface area contributed by atoms with Crippen molar-refractivity contribution in [3.63, 3.8) is 0 Å². The third-order valence-electron chi connectivity index (χ3n) is 7.42. The molecular weight excluding hydrogens is 507 g/mol. The lowest BCUT2D eigenvalue weighted by atomic mass is 9.90. The highest BCUT2D eigenvalue weighted by Gasteiger charge is 2.48. The lowest BCUT2D eigenvalue weighted by Gasteiger charge is -2.28. The summed E-state index contributed by atoms with van der Waals surface area (Å²) in [6, 6.07) is 22.6. The van der Waals surface area contributed by atoms with Crippen molar-refractivity contribution in [3.8, 4) is 5.69 Å². The summed E-state index contributed by atoms with van der Waals surface area (Å²) in [5.74, 6) is -1.19. The maximum atomic E-state index is 14.1. The van der Waals surface area contributed by atoms with Crippen LogP contribution in [0, 0.1) is 11.7 Å². The van der Waals surface area contributed by atoms with Gasteiger partial charge in [0.1, 0.15) is 5.82 Å². The zero-order valence-corrected chi connectivity index (χ0v) is 21.8. The van der Waals surface area contributed by atoms with Gasteiger partial charge in [0.25, 0.3) is 5.91 Å². The average molecular weight is 535 g/mol. The number of benzene rings is 3. The first-order valence-electron chi connectivity index (χ1n) is 13.2. The fourth-order valence-corrected chi connectivity index (χ4v) is 5.55. The Morgan fingerprint density at radius 2 is 1.68 bits per heavy atom. The van der Waals surface area contributed by atoms with Gasteiger partial charge in [0.15, 0.2) is 0 Å². The van der Waals surface area contributed by atoms with E-state index in [1.165, 1.54) is 24.5 Å². The summed E-state index contributed by atoms with van der Waals surface area (Å²) in [7, 11) is 0. The first-order chi connectivity index (χ1) is 19.5. The van der Waals surface area contributed by atoms with Crippen molar-refractivity contribution in [1.29, 1.82) is 0 Å². The van der Waals surface area contributed by atoms with Crippen LogP contribution in [-0.2, 0) is 11.2 Å². The van der Waals surface area contributed by atoms with E-state index >= 15 is 0 Å². The van der Waals surface area contributed by atoms with Crippen LogP contribution in [0.5, 0.6) is 0 Å². The number of rotatable bonds is 7. The molecule has 1 N–H and O–H groups in total. The molecule has 1 fully saturated rings. The zero-order chi connectivity index (χ0) is 27.6. The Balaban J connectivity index is 1.36. The fraction of sp³-hybridized carbons (Fsp3) is 0.194. The van der Waals surface area contributed by atoms with Crippen molar-refractivity contribution in [2.45, 2.75) is 31.8 Å². The van der Waals surface area contributed by atoms with Crippen LogP contribution >= 0.6 is 0 Å². The van der Waals surface area contributed by atoms with E-state index in [-0.39, 0.29) is 23.6 Å². The first-order valence-corrected chi connectivity index (χ1v) is 13.2. The molecule has 3 heterocycles. The second-order valence-electron chi connectivity index (χ2n) is 9.83. The van der Waals surface area contributed by atoms with E-state index in [1.807, 2.05) is 55.5 Å². The molecule has 3 unspecified atom stereocenters. The topological polar surface area (TPSA) is 93.0 Å². The molecule has 1 aliphatic heterocycles. The number of anilines is 1. The molecule has 8 nitrogen and oxygen atoms in total. The highest BCUT2D eigenvalue weighted by atomic mass is 19.1. The summed E-state index contributed by atoms with van der Waals surface area (Å²) in [5, 5.41) is 8.43. The Bertz CT molecular complexity index is 1660. The minimum atomic E-state index is -0.474. The molecule has 3 aromatic carbocycles.